The van der Waals surface area contributed by atoms with Crippen molar-refractivity contribution in [2.24, 2.45) is 5.92 Å². The van der Waals surface area contributed by atoms with Crippen molar-refractivity contribution in [3.63, 3.8) is 0 Å². The average Bonchev–Trinajstić information content (AvgIpc) is 3.15. The summed E-state index contributed by atoms with van der Waals surface area (Å²) < 4.78 is 36.0. The molecule has 170 valence electrons. The normalized spacial score (nSPS) is 19.1. The number of urea groups is 1. The van der Waals surface area contributed by atoms with Crippen molar-refractivity contribution in [3.8, 4) is 5.75 Å². The molecule has 0 spiro atoms. The van der Waals surface area contributed by atoms with Crippen LogP contribution in [0.4, 0.5) is 10.5 Å². The Morgan fingerprint density at radius 2 is 1.78 bits per heavy atom. The van der Waals surface area contributed by atoms with Gasteiger partial charge in [0.25, 0.3) is 10.0 Å². The number of ether oxygens (including phenoxy) is 1. The highest BCUT2D eigenvalue weighted by atomic mass is 32.2. The van der Waals surface area contributed by atoms with Crippen LogP contribution in [0.15, 0.2) is 11.1 Å². The number of anilines is 1. The number of fused-ring (bicyclic) bond motifs is 3. The minimum Gasteiger partial charge on any atom is -0.489 e. The summed E-state index contributed by atoms with van der Waals surface area (Å²) in [7, 11) is -4.16. The quantitative estimate of drug-likeness (QED) is 0.720. The maximum absolute atomic E-state index is 13.2. The predicted molar refractivity (Wildman–Crippen MR) is 119 cm³/mol. The van der Waals surface area contributed by atoms with Crippen LogP contribution in [0.1, 0.15) is 60.1 Å². The molecule has 0 unspecified atom stereocenters. The van der Waals surface area contributed by atoms with Crippen LogP contribution in [0, 0.1) is 5.92 Å². The van der Waals surface area contributed by atoms with E-state index in [1.165, 1.54) is 11.1 Å². The summed E-state index contributed by atoms with van der Waals surface area (Å²) in [6.07, 6.45) is 9.84. The molecule has 3 aliphatic carbocycles. The third-order valence-corrected chi connectivity index (χ3v) is 8.34. The first-order chi connectivity index (χ1) is 15.5. The largest absolute Gasteiger partial charge is 0.489 e. The standard InChI is InChI=1S/C23H28N4O4S/c28-23(24-20-17-6-1-4-15(17)12-16-5-2-7-18(16)20)26-32(29,30)22-21-19(8-3-11-31-21)27(25-22)13-14-9-10-14/h12,14H,1-11,13H2,(H2,24,26,28). The summed E-state index contributed by atoms with van der Waals surface area (Å²) >= 11 is 0. The maximum atomic E-state index is 13.2. The first kappa shape index (κ1) is 20.1. The van der Waals surface area contributed by atoms with E-state index in [9.17, 15) is 13.2 Å². The summed E-state index contributed by atoms with van der Waals surface area (Å²) in [6.45, 7) is 1.16. The smallest absolute Gasteiger partial charge is 0.333 e. The summed E-state index contributed by atoms with van der Waals surface area (Å²) in [4.78, 5) is 12.9. The van der Waals surface area contributed by atoms with Gasteiger partial charge in [-0.3, -0.25) is 4.68 Å². The summed E-state index contributed by atoms with van der Waals surface area (Å²) in [5.74, 6) is 0.855. The van der Waals surface area contributed by atoms with Crippen LogP contribution in [-0.4, -0.2) is 30.8 Å². The number of carbonyl (C=O) groups excluding carboxylic acids is 1. The maximum Gasteiger partial charge on any atom is 0.333 e. The van der Waals surface area contributed by atoms with Crippen molar-refractivity contribution in [3.05, 3.63) is 34.0 Å². The molecule has 0 saturated heterocycles. The number of aryl methyl sites for hydroxylation is 2. The highest BCUT2D eigenvalue weighted by Crippen LogP contribution is 2.39. The first-order valence-electron chi connectivity index (χ1n) is 11.7. The van der Waals surface area contributed by atoms with E-state index in [0.29, 0.717) is 24.8 Å². The number of carbonyl (C=O) groups is 1. The molecule has 0 radical (unpaired) electrons. The number of aromatic nitrogens is 2. The van der Waals surface area contributed by atoms with Gasteiger partial charge in [-0.1, -0.05) is 6.07 Å². The van der Waals surface area contributed by atoms with Crippen LogP contribution < -0.4 is 14.8 Å². The molecular formula is C23H28N4O4S. The minimum absolute atomic E-state index is 0.175. The first-order valence-corrected chi connectivity index (χ1v) is 13.2. The van der Waals surface area contributed by atoms with E-state index < -0.39 is 16.1 Å². The predicted octanol–water partition coefficient (Wildman–Crippen LogP) is 3.11. The summed E-state index contributed by atoms with van der Waals surface area (Å²) in [5, 5.41) is 7.10. The van der Waals surface area contributed by atoms with Crippen LogP contribution in [0.5, 0.6) is 5.75 Å². The van der Waals surface area contributed by atoms with Crippen LogP contribution in [0.2, 0.25) is 0 Å². The molecule has 1 saturated carbocycles. The zero-order chi connectivity index (χ0) is 21.9. The number of benzene rings is 1. The van der Waals surface area contributed by atoms with Crippen molar-refractivity contribution in [2.75, 3.05) is 11.9 Å². The Kier molecular flexibility index (Phi) is 4.71. The summed E-state index contributed by atoms with van der Waals surface area (Å²) in [5.41, 5.74) is 6.52. The molecule has 2 heterocycles. The molecule has 0 atom stereocenters. The lowest BCUT2D eigenvalue weighted by atomic mass is 9.99. The fourth-order valence-electron chi connectivity index (χ4n) is 5.41. The number of amides is 2. The van der Waals surface area contributed by atoms with Crippen LogP contribution in [0.25, 0.3) is 0 Å². The highest BCUT2D eigenvalue weighted by molar-refractivity contribution is 7.90. The Morgan fingerprint density at radius 3 is 2.47 bits per heavy atom. The van der Waals surface area contributed by atoms with E-state index in [0.717, 1.165) is 86.7 Å². The molecule has 6 rings (SSSR count). The van der Waals surface area contributed by atoms with Gasteiger partial charge in [-0.2, -0.15) is 13.5 Å². The zero-order valence-corrected chi connectivity index (χ0v) is 18.9. The van der Waals surface area contributed by atoms with Gasteiger partial charge in [0, 0.05) is 12.2 Å². The van der Waals surface area contributed by atoms with Gasteiger partial charge in [-0.25, -0.2) is 9.52 Å². The van der Waals surface area contributed by atoms with Gasteiger partial charge in [-0.05, 0) is 92.4 Å². The average molecular weight is 457 g/mol. The van der Waals surface area contributed by atoms with Crippen LogP contribution in [0.3, 0.4) is 0 Å². The Balaban J connectivity index is 1.28. The molecule has 1 aliphatic heterocycles. The molecule has 9 heteroatoms. The second-order valence-electron chi connectivity index (χ2n) is 9.45. The fourth-order valence-corrected chi connectivity index (χ4v) is 6.42. The molecule has 32 heavy (non-hydrogen) atoms. The fraction of sp³-hybridized carbons (Fsp3) is 0.565. The van der Waals surface area contributed by atoms with Crippen molar-refractivity contribution >= 4 is 21.7 Å². The van der Waals surface area contributed by atoms with E-state index in [1.807, 2.05) is 0 Å². The number of sulfonamides is 1. The molecular weight excluding hydrogens is 428 g/mol. The van der Waals surface area contributed by atoms with Gasteiger partial charge in [0.15, 0.2) is 5.75 Å². The molecule has 1 fully saturated rings. The number of nitrogens with one attached hydrogen (secondary N) is 2. The van der Waals surface area contributed by atoms with Crippen LogP contribution >= 0.6 is 0 Å². The van der Waals surface area contributed by atoms with Gasteiger partial charge >= 0.3 is 6.03 Å². The molecule has 1 aromatic heterocycles. The molecule has 0 bridgehead atoms. The second-order valence-corrected chi connectivity index (χ2v) is 11.0. The topological polar surface area (TPSA) is 102 Å². The molecule has 1 aromatic carbocycles. The highest BCUT2D eigenvalue weighted by Gasteiger charge is 2.34. The van der Waals surface area contributed by atoms with Crippen LogP contribution in [-0.2, 0) is 48.7 Å². The van der Waals surface area contributed by atoms with Gasteiger partial charge < -0.3 is 10.1 Å². The van der Waals surface area contributed by atoms with Crippen molar-refractivity contribution in [1.29, 1.82) is 0 Å². The van der Waals surface area contributed by atoms with E-state index in [4.69, 9.17) is 4.74 Å². The molecule has 4 aliphatic rings. The van der Waals surface area contributed by atoms with Gasteiger partial charge in [0.05, 0.1) is 12.3 Å². The van der Waals surface area contributed by atoms with E-state index >= 15 is 0 Å². The third kappa shape index (κ3) is 3.46. The Hall–Kier alpha value is -2.55. The van der Waals surface area contributed by atoms with E-state index in [2.05, 4.69) is 21.2 Å². The lowest BCUT2D eigenvalue weighted by Crippen LogP contribution is -2.35. The second kappa shape index (κ2) is 7.50. The van der Waals surface area contributed by atoms with Gasteiger partial charge in [-0.15, -0.1) is 0 Å². The van der Waals surface area contributed by atoms with Crippen molar-refractivity contribution in [1.82, 2.24) is 14.5 Å². The molecule has 2 N–H and O–H groups in total. The zero-order valence-electron chi connectivity index (χ0n) is 18.1. The summed E-state index contributed by atoms with van der Waals surface area (Å²) in [6, 6.07) is 1.54. The third-order valence-electron chi connectivity index (χ3n) is 7.11. The van der Waals surface area contributed by atoms with Crippen molar-refractivity contribution < 1.29 is 17.9 Å². The lowest BCUT2D eigenvalue weighted by Gasteiger charge is -2.17. The van der Waals surface area contributed by atoms with Gasteiger partial charge in [0.1, 0.15) is 0 Å². The molecule has 8 nitrogen and oxygen atoms in total. The Morgan fingerprint density at radius 1 is 1.06 bits per heavy atom. The Bertz CT molecular complexity index is 1180. The number of hydrogen-bond acceptors (Lipinski definition) is 5. The van der Waals surface area contributed by atoms with E-state index in [1.54, 1.807) is 4.68 Å². The number of rotatable bonds is 5. The Labute approximate surface area is 187 Å². The number of hydrogen-bond donors (Lipinski definition) is 2. The lowest BCUT2D eigenvalue weighted by molar-refractivity contribution is 0.256. The number of nitrogens with zero attached hydrogens (tertiary/aromatic N) is 2. The SMILES string of the molecule is O=C(Nc1c2c(cc3c1CCC3)CCC2)NS(=O)(=O)c1nn(CC2CC2)c2c1OCCC2. The monoisotopic (exact) mass is 456 g/mol. The molecule has 2 amide bonds. The minimum atomic E-state index is -4.16. The molecule has 2 aromatic rings. The van der Waals surface area contributed by atoms with Gasteiger partial charge in [0.2, 0.25) is 5.03 Å². The van der Waals surface area contributed by atoms with E-state index in [-0.39, 0.29) is 5.03 Å². The van der Waals surface area contributed by atoms with Crippen molar-refractivity contribution in [2.45, 2.75) is 75.8 Å².